The predicted octanol–water partition coefficient (Wildman–Crippen LogP) is 2.39. The summed E-state index contributed by atoms with van der Waals surface area (Å²) in [5.74, 6) is 3.16. The minimum Gasteiger partial charge on any atom is -0.341 e. The van der Waals surface area contributed by atoms with Gasteiger partial charge in [-0.2, -0.15) is 0 Å². The highest BCUT2D eigenvalue weighted by molar-refractivity contribution is 5.90. The number of nitrogens with zero attached hydrogens (tertiary/aromatic N) is 1. The van der Waals surface area contributed by atoms with Crippen LogP contribution in [0.4, 0.5) is 0 Å². The quantitative estimate of drug-likeness (QED) is 0.754. The summed E-state index contributed by atoms with van der Waals surface area (Å²) in [5, 5.41) is 2.97. The summed E-state index contributed by atoms with van der Waals surface area (Å²) in [6.07, 6.45) is 9.64. The van der Waals surface area contributed by atoms with Crippen LogP contribution in [0.3, 0.4) is 0 Å². The molecule has 2 amide bonds. The number of terminal acetylenes is 1. The second-order valence-corrected chi connectivity index (χ2v) is 9.42. The van der Waals surface area contributed by atoms with Gasteiger partial charge in [0.05, 0.1) is 6.04 Å². The SMILES string of the molecule is C#CC(CC1CCCCC1=O)NC(=O)C1C2C(CN1C(=O)C(C)C)C2(C)C. The van der Waals surface area contributed by atoms with Crippen molar-refractivity contribution in [3.05, 3.63) is 0 Å². The molecule has 5 atom stereocenters. The van der Waals surface area contributed by atoms with Crippen molar-refractivity contribution in [3.63, 3.8) is 0 Å². The Labute approximate surface area is 162 Å². The van der Waals surface area contributed by atoms with Crippen LogP contribution in [0.1, 0.15) is 59.8 Å². The molecule has 0 aromatic rings. The van der Waals surface area contributed by atoms with E-state index in [0.717, 1.165) is 19.3 Å². The molecule has 0 spiro atoms. The number of rotatable bonds is 5. The lowest BCUT2D eigenvalue weighted by Gasteiger charge is -2.32. The summed E-state index contributed by atoms with van der Waals surface area (Å²) >= 11 is 0. The molecule has 3 rings (SSSR count). The molecule has 1 N–H and O–H groups in total. The van der Waals surface area contributed by atoms with Gasteiger partial charge in [0.2, 0.25) is 11.8 Å². The summed E-state index contributed by atoms with van der Waals surface area (Å²) in [4.78, 5) is 39.6. The normalized spacial score (nSPS) is 32.6. The van der Waals surface area contributed by atoms with E-state index < -0.39 is 12.1 Å². The summed E-state index contributed by atoms with van der Waals surface area (Å²) in [6, 6.07) is -0.903. The highest BCUT2D eigenvalue weighted by atomic mass is 16.2. The van der Waals surface area contributed by atoms with Crippen LogP contribution in [0.25, 0.3) is 0 Å². The first-order chi connectivity index (χ1) is 12.7. The highest BCUT2D eigenvalue weighted by Crippen LogP contribution is 2.65. The first-order valence-electron chi connectivity index (χ1n) is 10.3. The van der Waals surface area contributed by atoms with Crippen molar-refractivity contribution in [2.45, 2.75) is 71.9 Å². The van der Waals surface area contributed by atoms with E-state index in [9.17, 15) is 14.4 Å². The standard InChI is InChI=1S/C22H32N2O3/c1-6-15(11-14-9-7-8-10-17(14)25)23-20(26)19-18-16(22(18,4)5)12-24(19)21(27)13(2)3/h1,13-16,18-19H,7-12H2,2-5H3,(H,23,26). The van der Waals surface area contributed by atoms with E-state index in [4.69, 9.17) is 6.42 Å². The van der Waals surface area contributed by atoms with E-state index in [2.05, 4.69) is 25.1 Å². The first-order valence-corrected chi connectivity index (χ1v) is 10.3. The molecule has 5 heteroatoms. The number of Topliss-reactive ketones (excluding diaryl/α,β-unsaturated/α-hetero) is 1. The van der Waals surface area contributed by atoms with Gasteiger partial charge in [-0.15, -0.1) is 6.42 Å². The van der Waals surface area contributed by atoms with E-state index in [1.807, 2.05) is 13.8 Å². The van der Waals surface area contributed by atoms with Crippen molar-refractivity contribution >= 4 is 17.6 Å². The number of hydrogen-bond acceptors (Lipinski definition) is 3. The van der Waals surface area contributed by atoms with Crippen LogP contribution in [0.5, 0.6) is 0 Å². The van der Waals surface area contributed by atoms with Crippen molar-refractivity contribution in [1.29, 1.82) is 0 Å². The summed E-state index contributed by atoms with van der Waals surface area (Å²) in [7, 11) is 0. The molecule has 1 aliphatic heterocycles. The van der Waals surface area contributed by atoms with E-state index in [1.54, 1.807) is 4.90 Å². The molecule has 27 heavy (non-hydrogen) atoms. The van der Waals surface area contributed by atoms with Gasteiger partial charge in [-0.3, -0.25) is 14.4 Å². The predicted molar refractivity (Wildman–Crippen MR) is 103 cm³/mol. The van der Waals surface area contributed by atoms with E-state index in [0.29, 0.717) is 25.3 Å². The van der Waals surface area contributed by atoms with Gasteiger partial charge in [0.25, 0.3) is 0 Å². The Morgan fingerprint density at radius 3 is 2.63 bits per heavy atom. The Morgan fingerprint density at radius 2 is 2.04 bits per heavy atom. The number of piperidine rings is 1. The lowest BCUT2D eigenvalue weighted by molar-refractivity contribution is -0.142. The van der Waals surface area contributed by atoms with Crippen molar-refractivity contribution in [2.75, 3.05) is 6.54 Å². The number of fused-ring (bicyclic) bond motifs is 1. The van der Waals surface area contributed by atoms with Crippen molar-refractivity contribution in [2.24, 2.45) is 29.1 Å². The average molecular weight is 373 g/mol. The second kappa shape index (κ2) is 7.30. The smallest absolute Gasteiger partial charge is 0.244 e. The van der Waals surface area contributed by atoms with E-state index >= 15 is 0 Å². The van der Waals surface area contributed by atoms with Gasteiger partial charge >= 0.3 is 0 Å². The zero-order chi connectivity index (χ0) is 19.9. The minimum absolute atomic E-state index is 0.0258. The van der Waals surface area contributed by atoms with Crippen LogP contribution in [0.2, 0.25) is 0 Å². The third-order valence-corrected chi connectivity index (χ3v) is 6.97. The van der Waals surface area contributed by atoms with Crippen LogP contribution in [-0.2, 0) is 14.4 Å². The lowest BCUT2D eigenvalue weighted by atomic mass is 9.83. The Kier molecular flexibility index (Phi) is 5.38. The molecule has 2 saturated carbocycles. The van der Waals surface area contributed by atoms with Gasteiger partial charge in [0.15, 0.2) is 0 Å². The molecule has 1 heterocycles. The summed E-state index contributed by atoms with van der Waals surface area (Å²) in [5.41, 5.74) is 0.0841. The molecular formula is C22H32N2O3. The van der Waals surface area contributed by atoms with Crippen LogP contribution < -0.4 is 5.32 Å². The Bertz CT molecular complexity index is 676. The van der Waals surface area contributed by atoms with Gasteiger partial charge in [0, 0.05) is 24.8 Å². The average Bonchev–Trinajstić information content (AvgIpc) is 2.97. The van der Waals surface area contributed by atoms with Crippen LogP contribution in [0.15, 0.2) is 0 Å². The zero-order valence-electron chi connectivity index (χ0n) is 17.0. The third kappa shape index (κ3) is 3.63. The fraction of sp³-hybridized carbons (Fsp3) is 0.773. The molecule has 148 valence electrons. The van der Waals surface area contributed by atoms with Gasteiger partial charge in [-0.25, -0.2) is 0 Å². The molecule has 3 aliphatic rings. The first kappa shape index (κ1) is 19.9. The molecule has 2 aliphatic carbocycles. The van der Waals surface area contributed by atoms with Crippen LogP contribution in [-0.4, -0.2) is 41.1 Å². The van der Waals surface area contributed by atoms with Gasteiger partial charge < -0.3 is 10.2 Å². The topological polar surface area (TPSA) is 66.5 Å². The van der Waals surface area contributed by atoms with Gasteiger partial charge in [-0.1, -0.05) is 40.0 Å². The van der Waals surface area contributed by atoms with Crippen molar-refractivity contribution < 1.29 is 14.4 Å². The summed E-state index contributed by atoms with van der Waals surface area (Å²) < 4.78 is 0. The minimum atomic E-state index is -0.457. The Balaban J connectivity index is 1.69. The molecule has 0 radical (unpaired) electrons. The molecule has 1 saturated heterocycles. The third-order valence-electron chi connectivity index (χ3n) is 6.97. The number of nitrogens with one attached hydrogen (secondary N) is 1. The van der Waals surface area contributed by atoms with Crippen molar-refractivity contribution in [3.8, 4) is 12.3 Å². The number of hydrogen-bond donors (Lipinski definition) is 1. The molecule has 5 nitrogen and oxygen atoms in total. The monoisotopic (exact) mass is 372 g/mol. The van der Waals surface area contributed by atoms with E-state index in [-0.39, 0.29) is 40.8 Å². The zero-order valence-corrected chi connectivity index (χ0v) is 17.0. The van der Waals surface area contributed by atoms with E-state index in [1.165, 1.54) is 0 Å². The maximum absolute atomic E-state index is 13.1. The number of likely N-dealkylation sites (tertiary alicyclic amines) is 1. The fourth-order valence-corrected chi connectivity index (χ4v) is 5.16. The largest absolute Gasteiger partial charge is 0.341 e. The van der Waals surface area contributed by atoms with Crippen LogP contribution in [0, 0.1) is 41.4 Å². The van der Waals surface area contributed by atoms with Crippen molar-refractivity contribution in [1.82, 2.24) is 10.2 Å². The van der Waals surface area contributed by atoms with Gasteiger partial charge in [0.1, 0.15) is 11.8 Å². The molecule has 0 aromatic heterocycles. The lowest BCUT2D eigenvalue weighted by Crippen LogP contribution is -2.53. The number of carbonyl (C=O) groups is 3. The molecule has 5 unspecified atom stereocenters. The van der Waals surface area contributed by atoms with Crippen LogP contribution >= 0.6 is 0 Å². The summed E-state index contributed by atoms with van der Waals surface area (Å²) in [6.45, 7) is 8.71. The number of carbonyl (C=O) groups excluding carboxylic acids is 3. The number of ketones is 1. The Hall–Kier alpha value is -1.83. The van der Waals surface area contributed by atoms with Gasteiger partial charge in [-0.05, 0) is 36.5 Å². The molecule has 3 fully saturated rings. The molecule has 0 bridgehead atoms. The maximum Gasteiger partial charge on any atom is 0.244 e. The number of amides is 2. The second-order valence-electron chi connectivity index (χ2n) is 9.42. The maximum atomic E-state index is 13.1. The Morgan fingerprint density at radius 1 is 1.33 bits per heavy atom. The molecule has 0 aromatic carbocycles. The molecular weight excluding hydrogens is 340 g/mol. The highest BCUT2D eigenvalue weighted by Gasteiger charge is 2.69. The fourth-order valence-electron chi connectivity index (χ4n) is 5.16.